The summed E-state index contributed by atoms with van der Waals surface area (Å²) in [6, 6.07) is 6.90. The number of benzene rings is 2. The van der Waals surface area contributed by atoms with E-state index < -0.39 is 34.8 Å². The number of nitrogens with zero attached hydrogens (tertiary/aromatic N) is 3. The Labute approximate surface area is 213 Å². The molecule has 2 aromatic carbocycles. The van der Waals surface area contributed by atoms with Crippen LogP contribution in [0.1, 0.15) is 33.4 Å². The van der Waals surface area contributed by atoms with E-state index in [1.807, 2.05) is 18.2 Å². The summed E-state index contributed by atoms with van der Waals surface area (Å²) in [6.45, 7) is 1.52. The molecule has 3 heterocycles. The van der Waals surface area contributed by atoms with Crippen molar-refractivity contribution in [2.75, 3.05) is 11.9 Å². The van der Waals surface area contributed by atoms with E-state index in [9.17, 15) is 26.3 Å². The molecule has 0 radical (unpaired) electrons. The lowest BCUT2D eigenvalue weighted by molar-refractivity contribution is -0.143. The zero-order chi connectivity index (χ0) is 27.3. The van der Waals surface area contributed by atoms with Crippen molar-refractivity contribution in [2.24, 2.45) is 17.8 Å². The Balaban J connectivity index is 1.60. The zero-order valence-electron chi connectivity index (χ0n) is 20.0. The Bertz CT molecular complexity index is 1400. The van der Waals surface area contributed by atoms with E-state index in [0.717, 1.165) is 18.5 Å². The Kier molecular flexibility index (Phi) is 6.22. The highest BCUT2D eigenvalue weighted by Gasteiger charge is 2.40. The molecule has 1 atom stereocenters. The van der Waals surface area contributed by atoms with Crippen molar-refractivity contribution in [3.63, 3.8) is 0 Å². The smallest absolute Gasteiger partial charge is 0.351 e. The summed E-state index contributed by atoms with van der Waals surface area (Å²) in [5.41, 5.74) is 6.84. The number of aryl methyl sites for hydroxylation is 1. The average molecular weight is 535 g/mol. The molecule has 5 rings (SSSR count). The molecule has 13 heteroatoms. The summed E-state index contributed by atoms with van der Waals surface area (Å²) >= 11 is 0. The topological polar surface area (TPSA) is 92.3 Å². The Morgan fingerprint density at radius 1 is 1.00 bits per heavy atom. The van der Waals surface area contributed by atoms with Crippen LogP contribution in [0, 0.1) is 0 Å². The molecule has 38 heavy (non-hydrogen) atoms. The minimum atomic E-state index is -5.03. The number of hydrogen-bond donors (Lipinski definition) is 4. The van der Waals surface area contributed by atoms with Crippen LogP contribution in [-0.2, 0) is 38.2 Å². The van der Waals surface area contributed by atoms with Gasteiger partial charge in [-0.3, -0.25) is 10.4 Å². The second kappa shape index (κ2) is 9.17. The van der Waals surface area contributed by atoms with Gasteiger partial charge in [0.1, 0.15) is 5.84 Å². The summed E-state index contributed by atoms with van der Waals surface area (Å²) in [5, 5.41) is 13.3. The number of nitrogens with two attached hydrogens (primary N) is 1. The molecule has 1 unspecified atom stereocenters. The van der Waals surface area contributed by atoms with Gasteiger partial charge in [0, 0.05) is 48.4 Å². The van der Waals surface area contributed by atoms with Crippen molar-refractivity contribution in [3.8, 4) is 0 Å². The molecule has 0 spiro atoms. The first-order chi connectivity index (χ1) is 17.8. The third kappa shape index (κ3) is 5.11. The fraction of sp³-hybridized carbons (Fsp3) is 0.280. The van der Waals surface area contributed by atoms with Crippen LogP contribution in [0.2, 0.25) is 0 Å². The van der Waals surface area contributed by atoms with E-state index in [1.165, 1.54) is 11.8 Å². The predicted octanol–water partition coefficient (Wildman–Crippen LogP) is 4.33. The molecule has 200 valence electrons. The van der Waals surface area contributed by atoms with Crippen LogP contribution in [0.4, 0.5) is 32.0 Å². The normalized spacial score (nSPS) is 19.8. The molecule has 0 aliphatic carbocycles. The maximum Gasteiger partial charge on any atom is 0.416 e. The lowest BCUT2D eigenvalue weighted by Gasteiger charge is -2.33. The largest absolute Gasteiger partial charge is 0.416 e. The van der Waals surface area contributed by atoms with Crippen LogP contribution in [-0.4, -0.2) is 22.2 Å². The predicted molar refractivity (Wildman–Crippen MR) is 130 cm³/mol. The van der Waals surface area contributed by atoms with E-state index in [1.54, 1.807) is 24.1 Å². The number of anilines is 1. The van der Waals surface area contributed by atoms with Crippen LogP contribution in [0.15, 0.2) is 60.0 Å². The number of alkyl halides is 6. The Hall–Kier alpha value is -3.84. The molecule has 2 aliphatic heterocycles. The minimum absolute atomic E-state index is 0.0522. The van der Waals surface area contributed by atoms with Gasteiger partial charge >= 0.3 is 12.4 Å². The fourth-order valence-corrected chi connectivity index (χ4v) is 4.41. The molecule has 7 nitrogen and oxygen atoms in total. The van der Waals surface area contributed by atoms with Gasteiger partial charge in [0.25, 0.3) is 0 Å². The molecule has 0 amide bonds. The lowest BCUT2D eigenvalue weighted by Crippen LogP contribution is -2.50. The van der Waals surface area contributed by atoms with Crippen molar-refractivity contribution in [1.82, 2.24) is 20.4 Å². The summed E-state index contributed by atoms with van der Waals surface area (Å²) in [4.78, 5) is 4.42. The van der Waals surface area contributed by atoms with Crippen LogP contribution in [0.5, 0.6) is 0 Å². The maximum absolute atomic E-state index is 13.5. The van der Waals surface area contributed by atoms with E-state index >= 15 is 0 Å². The number of fused-ring (bicyclic) bond motifs is 1. The van der Waals surface area contributed by atoms with E-state index in [4.69, 9.17) is 5.73 Å². The average Bonchev–Trinajstić information content (AvgIpc) is 3.28. The molecule has 2 aliphatic rings. The van der Waals surface area contributed by atoms with Gasteiger partial charge in [0.2, 0.25) is 5.79 Å². The molecule has 0 bridgehead atoms. The summed E-state index contributed by atoms with van der Waals surface area (Å²) in [7, 11) is 1.70. The summed E-state index contributed by atoms with van der Waals surface area (Å²) < 4.78 is 82.6. The Morgan fingerprint density at radius 2 is 1.71 bits per heavy atom. The molecule has 0 fully saturated rings. The highest BCUT2D eigenvalue weighted by molar-refractivity contribution is 6.28. The third-order valence-electron chi connectivity index (χ3n) is 6.38. The minimum Gasteiger partial charge on any atom is -0.351 e. The van der Waals surface area contributed by atoms with Gasteiger partial charge in [-0.25, -0.2) is 4.99 Å². The van der Waals surface area contributed by atoms with E-state index in [0.29, 0.717) is 35.5 Å². The molecule has 5 N–H and O–H groups in total. The standard InChI is InChI=1S/C25H23F6N7/c1-38-13-16(11-35-38)21-12-34-25(32,19-8-17(23(26,27)28)7-18(9-19)24(29,30)31)37-22(21)36-20-3-2-14-4-5-33-10-15(14)6-20/h2-3,6-9,11-13,33-34H,4-5,10,32H2,1H3,(H,36,37). The van der Waals surface area contributed by atoms with Gasteiger partial charge in [0.05, 0.1) is 17.3 Å². The fourth-order valence-electron chi connectivity index (χ4n) is 4.41. The van der Waals surface area contributed by atoms with E-state index in [-0.39, 0.29) is 11.9 Å². The third-order valence-corrected chi connectivity index (χ3v) is 6.38. The first kappa shape index (κ1) is 25.8. The number of nitrogens with one attached hydrogen (secondary N) is 3. The highest BCUT2D eigenvalue weighted by atomic mass is 19.4. The van der Waals surface area contributed by atoms with E-state index in [2.05, 4.69) is 26.0 Å². The van der Waals surface area contributed by atoms with Crippen LogP contribution >= 0.6 is 0 Å². The van der Waals surface area contributed by atoms with Crippen molar-refractivity contribution >= 4 is 17.1 Å². The second-order valence-electron chi connectivity index (χ2n) is 9.16. The first-order valence-electron chi connectivity index (χ1n) is 11.6. The quantitative estimate of drug-likeness (QED) is 0.375. The second-order valence-corrected chi connectivity index (χ2v) is 9.16. The zero-order valence-corrected chi connectivity index (χ0v) is 20.0. The van der Waals surface area contributed by atoms with Crippen molar-refractivity contribution in [3.05, 3.63) is 88.4 Å². The number of rotatable bonds is 3. The number of aliphatic imine (C=N–C) groups is 1. The van der Waals surface area contributed by atoms with Crippen LogP contribution < -0.4 is 21.7 Å². The number of halogens is 6. The van der Waals surface area contributed by atoms with Crippen LogP contribution in [0.3, 0.4) is 0 Å². The Morgan fingerprint density at radius 3 is 2.34 bits per heavy atom. The SMILES string of the molecule is Cn1cc(C2=CNC(N)(c3cc(C(F)(F)F)cc(C(F)(F)F)c3)N=C2Nc2ccc3c(c2)CNCC3)cn1. The summed E-state index contributed by atoms with van der Waals surface area (Å²) in [5.74, 6) is -1.99. The molecular formula is C25H23F6N7. The number of hydrogen-bond acceptors (Lipinski definition) is 6. The molecule has 0 saturated heterocycles. The number of aromatic nitrogens is 2. The van der Waals surface area contributed by atoms with Gasteiger partial charge in [0.15, 0.2) is 0 Å². The molecule has 3 aromatic rings. The van der Waals surface area contributed by atoms with Gasteiger partial charge in [-0.2, -0.15) is 31.4 Å². The van der Waals surface area contributed by atoms with Gasteiger partial charge in [-0.05, 0) is 54.4 Å². The van der Waals surface area contributed by atoms with Crippen molar-refractivity contribution in [2.45, 2.75) is 31.1 Å². The van der Waals surface area contributed by atoms with Crippen molar-refractivity contribution in [1.29, 1.82) is 0 Å². The van der Waals surface area contributed by atoms with Gasteiger partial charge < -0.3 is 16.0 Å². The molecule has 1 aromatic heterocycles. The van der Waals surface area contributed by atoms with Gasteiger partial charge in [-0.15, -0.1) is 0 Å². The van der Waals surface area contributed by atoms with Crippen molar-refractivity contribution < 1.29 is 26.3 Å². The number of amidine groups is 1. The molecule has 0 saturated carbocycles. The highest BCUT2D eigenvalue weighted by Crippen LogP contribution is 2.39. The summed E-state index contributed by atoms with van der Waals surface area (Å²) in [6.07, 6.45) is -4.54. The van der Waals surface area contributed by atoms with Crippen LogP contribution in [0.25, 0.3) is 5.57 Å². The van der Waals surface area contributed by atoms with Gasteiger partial charge in [-0.1, -0.05) is 6.07 Å². The first-order valence-corrected chi connectivity index (χ1v) is 11.6. The maximum atomic E-state index is 13.5. The lowest BCUT2D eigenvalue weighted by atomic mass is 9.98. The molecular weight excluding hydrogens is 512 g/mol. The monoisotopic (exact) mass is 535 g/mol.